The van der Waals surface area contributed by atoms with Gasteiger partial charge in [-0.3, -0.25) is 19.6 Å². The third-order valence-corrected chi connectivity index (χ3v) is 4.71. The Morgan fingerprint density at radius 3 is 0.900 bits per heavy atom. The van der Waals surface area contributed by atoms with Crippen molar-refractivity contribution in [3.63, 3.8) is 0 Å². The third-order valence-electron chi connectivity index (χ3n) is 4.71. The van der Waals surface area contributed by atoms with Gasteiger partial charge in [0.25, 0.3) is 0 Å². The van der Waals surface area contributed by atoms with Gasteiger partial charge in [0.1, 0.15) is 26.9 Å². The number of rotatable bonds is 12. The van der Waals surface area contributed by atoms with Crippen LogP contribution in [0.2, 0.25) is 0 Å². The van der Waals surface area contributed by atoms with Crippen LogP contribution in [0, 0.1) is 0 Å². The van der Waals surface area contributed by atoms with Crippen LogP contribution in [0.15, 0.2) is 0 Å². The van der Waals surface area contributed by atoms with Crippen molar-refractivity contribution in [3.8, 4) is 0 Å². The first kappa shape index (κ1) is 24.6. The van der Waals surface area contributed by atoms with E-state index in [1.54, 1.807) is 19.6 Å². The molecule has 2 fully saturated rings. The minimum atomic E-state index is -0.561. The van der Waals surface area contributed by atoms with Gasteiger partial charge in [0.15, 0.2) is 12.3 Å². The van der Waals surface area contributed by atoms with Gasteiger partial charge in [0.2, 0.25) is 0 Å². The average Bonchev–Trinajstić information content (AvgIpc) is 3.05. The van der Waals surface area contributed by atoms with E-state index in [4.69, 9.17) is 18.9 Å². The van der Waals surface area contributed by atoms with Crippen molar-refractivity contribution >= 4 is 12.1 Å². The van der Waals surface area contributed by atoms with E-state index in [-0.39, 0.29) is 63.4 Å². The SMILES string of the molecule is CC(C)OCN1C(=O)N(COC(C)C)C2C1N(COC(C)C)C(=O)N2COC(C)C. The molecule has 2 heterocycles. The predicted octanol–water partition coefficient (Wildman–Crippen LogP) is 2.64. The Bertz CT molecular complexity index is 492. The summed E-state index contributed by atoms with van der Waals surface area (Å²) in [6, 6.07) is -0.495. The predicted molar refractivity (Wildman–Crippen MR) is 110 cm³/mol. The standard InChI is InChI=1S/C20H38N4O6/c1-13(2)27-9-21-17-18(23(19(21)25)11-29-15(5)6)24(12-30-16(7)8)20(26)22(17)10-28-14(3)4/h13-18H,9-12H2,1-8H3. The molecule has 30 heavy (non-hydrogen) atoms. The van der Waals surface area contributed by atoms with Crippen LogP contribution in [0.1, 0.15) is 55.4 Å². The molecule has 2 aliphatic heterocycles. The number of fused-ring (bicyclic) bond motifs is 1. The van der Waals surface area contributed by atoms with Gasteiger partial charge in [-0.1, -0.05) is 0 Å². The second kappa shape index (κ2) is 10.6. The maximum absolute atomic E-state index is 13.3. The van der Waals surface area contributed by atoms with Crippen LogP contribution in [-0.2, 0) is 18.9 Å². The maximum atomic E-state index is 13.3. The number of carbonyl (C=O) groups excluding carboxylic acids is 2. The molecular formula is C20H38N4O6. The fourth-order valence-corrected chi connectivity index (χ4v) is 3.21. The van der Waals surface area contributed by atoms with E-state index in [0.717, 1.165) is 0 Å². The molecule has 10 heteroatoms. The summed E-state index contributed by atoms with van der Waals surface area (Å²) in [6.07, 6.45) is -1.36. The normalized spacial score (nSPS) is 22.1. The fraction of sp³-hybridized carbons (Fsp3) is 0.900. The summed E-state index contributed by atoms with van der Waals surface area (Å²) in [5.74, 6) is 0. The van der Waals surface area contributed by atoms with Crippen LogP contribution in [0.5, 0.6) is 0 Å². The quantitative estimate of drug-likeness (QED) is 0.473. The van der Waals surface area contributed by atoms with E-state index >= 15 is 0 Å². The fourth-order valence-electron chi connectivity index (χ4n) is 3.21. The van der Waals surface area contributed by atoms with Crippen LogP contribution < -0.4 is 0 Å². The number of urea groups is 2. The Kier molecular flexibility index (Phi) is 8.72. The maximum Gasteiger partial charge on any atom is 0.327 e. The van der Waals surface area contributed by atoms with Crippen molar-refractivity contribution in [1.29, 1.82) is 0 Å². The molecule has 0 N–H and O–H groups in total. The van der Waals surface area contributed by atoms with Crippen molar-refractivity contribution < 1.29 is 28.5 Å². The first-order valence-corrected chi connectivity index (χ1v) is 10.7. The molecule has 0 spiro atoms. The van der Waals surface area contributed by atoms with Crippen molar-refractivity contribution in [1.82, 2.24) is 19.6 Å². The highest BCUT2D eigenvalue weighted by Gasteiger charge is 2.59. The van der Waals surface area contributed by atoms with Gasteiger partial charge < -0.3 is 18.9 Å². The lowest BCUT2D eigenvalue weighted by atomic mass is 10.3. The molecule has 2 saturated heterocycles. The number of ether oxygens (including phenoxy) is 4. The van der Waals surface area contributed by atoms with Gasteiger partial charge in [0, 0.05) is 0 Å². The van der Waals surface area contributed by atoms with E-state index in [1.165, 1.54) is 0 Å². The Hall–Kier alpha value is -1.62. The molecule has 0 aromatic rings. The molecule has 174 valence electrons. The molecular weight excluding hydrogens is 392 g/mol. The van der Waals surface area contributed by atoms with Crippen molar-refractivity contribution in [2.24, 2.45) is 0 Å². The zero-order valence-corrected chi connectivity index (χ0v) is 19.5. The van der Waals surface area contributed by atoms with Crippen LogP contribution in [0.3, 0.4) is 0 Å². The Labute approximate surface area is 179 Å². The lowest BCUT2D eigenvalue weighted by molar-refractivity contribution is -0.0604. The van der Waals surface area contributed by atoms with Crippen molar-refractivity contribution in [3.05, 3.63) is 0 Å². The van der Waals surface area contributed by atoms with E-state index in [9.17, 15) is 9.59 Å². The van der Waals surface area contributed by atoms with Crippen LogP contribution in [0.4, 0.5) is 9.59 Å². The van der Waals surface area contributed by atoms with Gasteiger partial charge in [0.05, 0.1) is 24.4 Å². The monoisotopic (exact) mass is 430 g/mol. The summed E-state index contributed by atoms with van der Waals surface area (Å²) in [7, 11) is 0. The average molecular weight is 431 g/mol. The Morgan fingerprint density at radius 2 is 0.733 bits per heavy atom. The molecule has 10 nitrogen and oxygen atoms in total. The van der Waals surface area contributed by atoms with Crippen LogP contribution in [0.25, 0.3) is 0 Å². The van der Waals surface area contributed by atoms with Gasteiger partial charge in [-0.05, 0) is 55.4 Å². The number of hydrogen-bond acceptors (Lipinski definition) is 6. The minimum Gasteiger partial charge on any atom is -0.358 e. The lowest BCUT2D eigenvalue weighted by Gasteiger charge is -2.30. The van der Waals surface area contributed by atoms with E-state index < -0.39 is 12.3 Å². The first-order valence-electron chi connectivity index (χ1n) is 10.7. The number of carbonyl (C=O) groups is 2. The summed E-state index contributed by atoms with van der Waals surface area (Å²) in [5.41, 5.74) is 0. The molecule has 4 amide bonds. The van der Waals surface area contributed by atoms with Gasteiger partial charge in [-0.15, -0.1) is 0 Å². The summed E-state index contributed by atoms with van der Waals surface area (Å²) < 4.78 is 22.9. The molecule has 0 aromatic carbocycles. The van der Waals surface area contributed by atoms with Crippen molar-refractivity contribution in [2.75, 3.05) is 26.9 Å². The minimum absolute atomic E-state index is 0.0601. The van der Waals surface area contributed by atoms with Gasteiger partial charge in [-0.2, -0.15) is 0 Å². The third kappa shape index (κ3) is 5.75. The molecule has 2 aliphatic rings. The molecule has 0 aliphatic carbocycles. The Balaban J connectivity index is 2.35. The second-order valence-corrected chi connectivity index (χ2v) is 8.65. The van der Waals surface area contributed by atoms with E-state index in [0.29, 0.717) is 0 Å². The van der Waals surface area contributed by atoms with E-state index in [2.05, 4.69) is 0 Å². The largest absolute Gasteiger partial charge is 0.358 e. The summed E-state index contributed by atoms with van der Waals surface area (Å²) >= 11 is 0. The van der Waals surface area contributed by atoms with Crippen molar-refractivity contribution in [2.45, 2.75) is 92.1 Å². The molecule has 0 atom stereocenters. The van der Waals surface area contributed by atoms with Gasteiger partial charge >= 0.3 is 12.1 Å². The summed E-state index contributed by atoms with van der Waals surface area (Å²) in [4.78, 5) is 32.8. The summed E-state index contributed by atoms with van der Waals surface area (Å²) in [5, 5.41) is 0. The molecule has 0 bridgehead atoms. The highest BCUT2D eigenvalue weighted by atomic mass is 16.5. The highest BCUT2D eigenvalue weighted by molar-refractivity contribution is 5.85. The number of nitrogens with zero attached hydrogens (tertiary/aromatic N) is 4. The zero-order chi connectivity index (χ0) is 22.6. The topological polar surface area (TPSA) is 84.0 Å². The molecule has 0 aromatic heterocycles. The smallest absolute Gasteiger partial charge is 0.327 e. The van der Waals surface area contributed by atoms with Gasteiger partial charge in [-0.25, -0.2) is 9.59 Å². The number of amides is 4. The van der Waals surface area contributed by atoms with Crippen LogP contribution >= 0.6 is 0 Å². The number of hydrogen-bond donors (Lipinski definition) is 0. The zero-order valence-electron chi connectivity index (χ0n) is 19.5. The molecule has 2 rings (SSSR count). The molecule has 0 radical (unpaired) electrons. The second-order valence-electron chi connectivity index (χ2n) is 8.65. The summed E-state index contributed by atoms with van der Waals surface area (Å²) in [6.45, 7) is 15.5. The van der Waals surface area contributed by atoms with E-state index in [1.807, 2.05) is 55.4 Å². The van der Waals surface area contributed by atoms with Crippen LogP contribution in [-0.4, -0.2) is 95.3 Å². The molecule has 0 unspecified atom stereocenters. The first-order chi connectivity index (χ1) is 14.0. The Morgan fingerprint density at radius 1 is 0.533 bits per heavy atom. The lowest BCUT2D eigenvalue weighted by Crippen LogP contribution is -2.49. The molecule has 0 saturated carbocycles. The highest BCUT2D eigenvalue weighted by Crippen LogP contribution is 2.35.